The van der Waals surface area contributed by atoms with Crippen LogP contribution in [0.15, 0.2) is 24.4 Å². The second kappa shape index (κ2) is 6.03. The lowest BCUT2D eigenvalue weighted by Crippen LogP contribution is -2.12. The summed E-state index contributed by atoms with van der Waals surface area (Å²) in [6.07, 6.45) is 5.94. The molecule has 0 spiro atoms. The molecule has 0 bridgehead atoms. The van der Waals surface area contributed by atoms with Gasteiger partial charge in [-0.05, 0) is 49.4 Å². The minimum Gasteiger partial charge on any atom is -0.397 e. The van der Waals surface area contributed by atoms with Crippen molar-refractivity contribution < 1.29 is 4.79 Å². The van der Waals surface area contributed by atoms with Gasteiger partial charge in [0.1, 0.15) is 9.71 Å². The first kappa shape index (κ1) is 15.4. The lowest BCUT2D eigenvalue weighted by molar-refractivity contribution is 0.103. The third-order valence-corrected chi connectivity index (χ3v) is 5.63. The molecule has 3 N–H and O–H groups in total. The van der Waals surface area contributed by atoms with Gasteiger partial charge in [0.05, 0.1) is 11.4 Å². The number of aryl methyl sites for hydroxylation is 2. The van der Waals surface area contributed by atoms with E-state index in [0.717, 1.165) is 28.8 Å². The number of nitrogens with zero attached hydrogens (tertiary/aromatic N) is 2. The number of anilines is 2. The number of thiophene rings is 1. The van der Waals surface area contributed by atoms with Gasteiger partial charge in [-0.2, -0.15) is 0 Å². The monoisotopic (exact) mass is 358 g/mol. The molecule has 3 heterocycles. The van der Waals surface area contributed by atoms with Crippen LogP contribution < -0.4 is 11.1 Å². The van der Waals surface area contributed by atoms with E-state index in [1.165, 1.54) is 29.7 Å². The van der Waals surface area contributed by atoms with E-state index < -0.39 is 0 Å². The summed E-state index contributed by atoms with van der Waals surface area (Å²) in [5, 5.41) is 3.88. The van der Waals surface area contributed by atoms with Gasteiger partial charge in [-0.25, -0.2) is 9.97 Å². The Morgan fingerprint density at radius 3 is 3.00 bits per heavy atom. The highest BCUT2D eigenvalue weighted by Gasteiger charge is 2.21. The number of amides is 1. The SMILES string of the molecule is Nc1c(C(=O)Nc2cccnc2Cl)sc2nc3c(cc12)CCCC3. The molecule has 0 aliphatic heterocycles. The van der Waals surface area contributed by atoms with Crippen LogP contribution in [0.4, 0.5) is 11.4 Å². The Morgan fingerprint density at radius 2 is 2.17 bits per heavy atom. The van der Waals surface area contributed by atoms with Crippen LogP contribution in [0.3, 0.4) is 0 Å². The number of pyridine rings is 2. The molecule has 3 aromatic rings. The van der Waals surface area contributed by atoms with E-state index in [0.29, 0.717) is 16.3 Å². The number of halogens is 1. The van der Waals surface area contributed by atoms with Gasteiger partial charge in [0.15, 0.2) is 5.15 Å². The number of nitrogens with two attached hydrogens (primary N) is 1. The molecule has 0 unspecified atom stereocenters. The smallest absolute Gasteiger partial charge is 0.268 e. The second-order valence-corrected chi connectivity index (χ2v) is 7.15. The van der Waals surface area contributed by atoms with E-state index in [4.69, 9.17) is 22.3 Å². The van der Waals surface area contributed by atoms with Crippen LogP contribution in [0.5, 0.6) is 0 Å². The largest absolute Gasteiger partial charge is 0.397 e. The average molecular weight is 359 g/mol. The highest BCUT2D eigenvalue weighted by molar-refractivity contribution is 7.21. The standard InChI is InChI=1S/C17H15ClN4OS/c18-15-12(6-3-7-20-15)21-16(23)14-13(19)10-8-9-4-1-2-5-11(9)22-17(10)24-14/h3,6-8H,1-2,4-5,19H2,(H,21,23). The molecule has 1 aliphatic carbocycles. The van der Waals surface area contributed by atoms with Crippen LogP contribution in [-0.2, 0) is 12.8 Å². The van der Waals surface area contributed by atoms with Gasteiger partial charge in [0.2, 0.25) is 0 Å². The predicted octanol–water partition coefficient (Wildman–Crippen LogP) is 4.06. The number of fused-ring (bicyclic) bond motifs is 2. The van der Waals surface area contributed by atoms with Crippen molar-refractivity contribution >= 4 is 50.4 Å². The molecular weight excluding hydrogens is 344 g/mol. The molecule has 4 rings (SSSR count). The molecule has 0 radical (unpaired) electrons. The molecule has 5 nitrogen and oxygen atoms in total. The molecule has 0 fully saturated rings. The first-order chi connectivity index (χ1) is 11.6. The summed E-state index contributed by atoms with van der Waals surface area (Å²) in [7, 11) is 0. The molecule has 122 valence electrons. The van der Waals surface area contributed by atoms with Gasteiger partial charge >= 0.3 is 0 Å². The highest BCUT2D eigenvalue weighted by atomic mass is 35.5. The number of carbonyl (C=O) groups is 1. The lowest BCUT2D eigenvalue weighted by atomic mass is 9.95. The molecule has 0 aromatic carbocycles. The first-order valence-corrected chi connectivity index (χ1v) is 8.95. The van der Waals surface area contributed by atoms with E-state index >= 15 is 0 Å². The molecule has 3 aromatic heterocycles. The molecule has 24 heavy (non-hydrogen) atoms. The quantitative estimate of drug-likeness (QED) is 0.677. The van der Waals surface area contributed by atoms with Crippen LogP contribution in [-0.4, -0.2) is 15.9 Å². The zero-order chi connectivity index (χ0) is 16.7. The van der Waals surface area contributed by atoms with Crippen molar-refractivity contribution in [1.29, 1.82) is 0 Å². The summed E-state index contributed by atoms with van der Waals surface area (Å²) in [5.41, 5.74) is 9.56. The summed E-state index contributed by atoms with van der Waals surface area (Å²) < 4.78 is 0. The Kier molecular flexibility index (Phi) is 3.86. The van der Waals surface area contributed by atoms with Crippen molar-refractivity contribution in [3.05, 3.63) is 45.7 Å². The summed E-state index contributed by atoms with van der Waals surface area (Å²) in [6.45, 7) is 0. The van der Waals surface area contributed by atoms with Gasteiger partial charge in [-0.1, -0.05) is 11.6 Å². The van der Waals surface area contributed by atoms with Crippen LogP contribution in [0.1, 0.15) is 33.8 Å². The fraction of sp³-hybridized carbons (Fsp3) is 0.235. The van der Waals surface area contributed by atoms with Gasteiger partial charge in [0, 0.05) is 17.3 Å². The maximum absolute atomic E-state index is 12.6. The second-order valence-electron chi connectivity index (χ2n) is 5.79. The van der Waals surface area contributed by atoms with Crippen molar-refractivity contribution in [1.82, 2.24) is 9.97 Å². The van der Waals surface area contributed by atoms with Crippen molar-refractivity contribution in [2.24, 2.45) is 0 Å². The maximum Gasteiger partial charge on any atom is 0.268 e. The Morgan fingerprint density at radius 1 is 1.33 bits per heavy atom. The van der Waals surface area contributed by atoms with Crippen molar-refractivity contribution in [3.63, 3.8) is 0 Å². The maximum atomic E-state index is 12.6. The van der Waals surface area contributed by atoms with E-state index in [2.05, 4.69) is 16.4 Å². The van der Waals surface area contributed by atoms with Gasteiger partial charge < -0.3 is 11.1 Å². The Bertz CT molecular complexity index is 953. The Hall–Kier alpha value is -2.18. The average Bonchev–Trinajstić information content (AvgIpc) is 2.91. The zero-order valence-corrected chi connectivity index (χ0v) is 14.4. The van der Waals surface area contributed by atoms with Crippen LogP contribution in [0.2, 0.25) is 5.15 Å². The third-order valence-electron chi connectivity index (χ3n) is 4.21. The fourth-order valence-corrected chi connectivity index (χ4v) is 4.14. The molecule has 7 heteroatoms. The number of hydrogen-bond acceptors (Lipinski definition) is 5. The van der Waals surface area contributed by atoms with Crippen LogP contribution in [0, 0.1) is 0 Å². The highest BCUT2D eigenvalue weighted by Crippen LogP contribution is 2.36. The fourth-order valence-electron chi connectivity index (χ4n) is 2.99. The minimum absolute atomic E-state index is 0.249. The molecule has 0 saturated heterocycles. The molecule has 0 saturated carbocycles. The normalized spacial score (nSPS) is 13.7. The van der Waals surface area contributed by atoms with E-state index in [-0.39, 0.29) is 11.1 Å². The van der Waals surface area contributed by atoms with Crippen LogP contribution >= 0.6 is 22.9 Å². The van der Waals surface area contributed by atoms with Gasteiger partial charge in [-0.15, -0.1) is 11.3 Å². The van der Waals surface area contributed by atoms with E-state index in [1.54, 1.807) is 18.3 Å². The number of carbonyl (C=O) groups excluding carboxylic acids is 1. The number of rotatable bonds is 2. The lowest BCUT2D eigenvalue weighted by Gasteiger charge is -2.14. The summed E-state index contributed by atoms with van der Waals surface area (Å²) in [4.78, 5) is 22.5. The topological polar surface area (TPSA) is 80.9 Å². The number of aromatic nitrogens is 2. The predicted molar refractivity (Wildman–Crippen MR) is 97.9 cm³/mol. The Labute approximate surface area is 147 Å². The number of nitrogen functional groups attached to an aromatic ring is 1. The summed E-state index contributed by atoms with van der Waals surface area (Å²) in [6, 6.07) is 5.51. The first-order valence-electron chi connectivity index (χ1n) is 7.76. The molecule has 0 atom stereocenters. The minimum atomic E-state index is -0.289. The summed E-state index contributed by atoms with van der Waals surface area (Å²) in [5.74, 6) is -0.289. The summed E-state index contributed by atoms with van der Waals surface area (Å²) >= 11 is 7.31. The Balaban J connectivity index is 1.72. The van der Waals surface area contributed by atoms with Crippen molar-refractivity contribution in [3.8, 4) is 0 Å². The number of hydrogen-bond donors (Lipinski definition) is 2. The zero-order valence-electron chi connectivity index (χ0n) is 12.8. The van der Waals surface area contributed by atoms with Crippen LogP contribution in [0.25, 0.3) is 10.2 Å². The van der Waals surface area contributed by atoms with E-state index in [9.17, 15) is 4.79 Å². The molecule has 1 aliphatic rings. The van der Waals surface area contributed by atoms with Gasteiger partial charge in [0.25, 0.3) is 5.91 Å². The molecule has 1 amide bonds. The third kappa shape index (κ3) is 2.61. The van der Waals surface area contributed by atoms with Gasteiger partial charge in [-0.3, -0.25) is 4.79 Å². The van der Waals surface area contributed by atoms with E-state index in [1.807, 2.05) is 0 Å². The number of nitrogens with one attached hydrogen (secondary N) is 1. The van der Waals surface area contributed by atoms with Crippen molar-refractivity contribution in [2.45, 2.75) is 25.7 Å². The molecular formula is C17H15ClN4OS. The van der Waals surface area contributed by atoms with Crippen molar-refractivity contribution in [2.75, 3.05) is 11.1 Å².